The fourth-order valence-electron chi connectivity index (χ4n) is 6.09. The molecule has 0 radical (unpaired) electrons. The number of carboxylic acid groups (broad SMARTS) is 1. The largest absolute Gasteiger partial charge is 0.478 e. The molecule has 6 rings (SSSR count). The molecule has 2 N–H and O–H groups in total. The highest BCUT2D eigenvalue weighted by molar-refractivity contribution is 5.94. The van der Waals surface area contributed by atoms with Crippen molar-refractivity contribution in [3.05, 3.63) is 63.4 Å². The Morgan fingerprint density at radius 3 is 2.65 bits per heavy atom. The molecule has 8 heteroatoms. The molecule has 2 aromatic carbocycles. The lowest BCUT2D eigenvalue weighted by atomic mass is 10.00. The molecule has 3 aliphatic rings. The van der Waals surface area contributed by atoms with Gasteiger partial charge >= 0.3 is 5.97 Å². The minimum atomic E-state index is -0.979. The van der Waals surface area contributed by atoms with E-state index in [1.165, 1.54) is 12.8 Å². The van der Waals surface area contributed by atoms with Gasteiger partial charge < -0.3 is 20.1 Å². The SMILES string of the molecule is Cc1cc(C(C)Nc2ccccc2C(=O)O)c2nc(N3CCC4(CC4)C3)n(C3CCOCC3)c(=O)c2c1. The zero-order chi connectivity index (χ0) is 25.7. The first-order valence-electron chi connectivity index (χ1n) is 13.3. The van der Waals surface area contributed by atoms with E-state index in [4.69, 9.17) is 9.72 Å². The predicted molar refractivity (Wildman–Crippen MR) is 144 cm³/mol. The van der Waals surface area contributed by atoms with Crippen LogP contribution in [-0.2, 0) is 4.74 Å². The van der Waals surface area contributed by atoms with Crippen LogP contribution in [0.4, 0.5) is 11.6 Å². The number of hydrogen-bond donors (Lipinski definition) is 2. The Labute approximate surface area is 216 Å². The number of fused-ring (bicyclic) bond motifs is 1. The number of nitrogens with one attached hydrogen (secondary N) is 1. The van der Waals surface area contributed by atoms with Crippen LogP contribution in [0.2, 0.25) is 0 Å². The Morgan fingerprint density at radius 2 is 1.95 bits per heavy atom. The van der Waals surface area contributed by atoms with E-state index in [1.807, 2.05) is 30.5 Å². The van der Waals surface area contributed by atoms with E-state index in [9.17, 15) is 14.7 Å². The standard InChI is InChI=1S/C29H34N4O4/c1-18-15-22(19(2)30-24-6-4-3-5-21(24)27(35)36)25-23(16-18)26(34)33(20-7-13-37-14-8-20)28(31-25)32-12-11-29(17-32)9-10-29/h3-6,15-16,19-20,30H,7-14,17H2,1-2H3,(H,35,36). The summed E-state index contributed by atoms with van der Waals surface area (Å²) in [6.45, 7) is 7.16. The highest BCUT2D eigenvalue weighted by Gasteiger charge is 2.48. The average Bonchev–Trinajstić information content (AvgIpc) is 3.52. The van der Waals surface area contributed by atoms with Crippen molar-refractivity contribution in [2.24, 2.45) is 5.41 Å². The lowest BCUT2D eigenvalue weighted by Gasteiger charge is -2.30. The molecule has 1 unspecified atom stereocenters. The van der Waals surface area contributed by atoms with E-state index in [1.54, 1.807) is 18.2 Å². The third-order valence-electron chi connectivity index (χ3n) is 8.39. The second-order valence-corrected chi connectivity index (χ2v) is 11.1. The minimum absolute atomic E-state index is 0.00623. The first kappa shape index (κ1) is 24.0. The molecule has 1 aromatic heterocycles. The number of aryl methyl sites for hydroxylation is 1. The molecule has 1 atom stereocenters. The Hall–Kier alpha value is -3.39. The fourth-order valence-corrected chi connectivity index (χ4v) is 6.09. The van der Waals surface area contributed by atoms with Crippen molar-refractivity contribution in [1.29, 1.82) is 0 Å². The van der Waals surface area contributed by atoms with Gasteiger partial charge in [0.1, 0.15) is 0 Å². The third-order valence-corrected chi connectivity index (χ3v) is 8.39. The van der Waals surface area contributed by atoms with Gasteiger partial charge in [0.15, 0.2) is 0 Å². The Morgan fingerprint density at radius 1 is 1.19 bits per heavy atom. The monoisotopic (exact) mass is 502 g/mol. The van der Waals surface area contributed by atoms with Crippen molar-refractivity contribution in [2.45, 2.75) is 58.0 Å². The predicted octanol–water partition coefficient (Wildman–Crippen LogP) is 4.92. The molecule has 1 aliphatic carbocycles. The summed E-state index contributed by atoms with van der Waals surface area (Å²) < 4.78 is 7.56. The first-order chi connectivity index (χ1) is 17.8. The number of para-hydroxylation sites is 1. The van der Waals surface area contributed by atoms with E-state index in [0.717, 1.165) is 49.4 Å². The van der Waals surface area contributed by atoms with Gasteiger partial charge in [-0.15, -0.1) is 0 Å². The number of carboxylic acids is 1. The van der Waals surface area contributed by atoms with E-state index < -0.39 is 5.97 Å². The summed E-state index contributed by atoms with van der Waals surface area (Å²) in [6, 6.07) is 10.7. The number of rotatable bonds is 6. The Kier molecular flexibility index (Phi) is 5.94. The summed E-state index contributed by atoms with van der Waals surface area (Å²) in [6.07, 6.45) is 5.28. The zero-order valence-corrected chi connectivity index (χ0v) is 21.5. The number of nitrogens with zero attached hydrogens (tertiary/aromatic N) is 3. The van der Waals surface area contributed by atoms with Crippen molar-refractivity contribution in [3.8, 4) is 0 Å². The van der Waals surface area contributed by atoms with Gasteiger partial charge in [0, 0.05) is 43.6 Å². The molecule has 1 saturated carbocycles. The lowest BCUT2D eigenvalue weighted by molar-refractivity contribution is 0.0688. The maximum absolute atomic E-state index is 14.2. The number of carbonyl (C=O) groups is 1. The second kappa shape index (κ2) is 9.17. The van der Waals surface area contributed by atoms with Crippen molar-refractivity contribution < 1.29 is 14.6 Å². The second-order valence-electron chi connectivity index (χ2n) is 11.1. The van der Waals surface area contributed by atoms with Crippen molar-refractivity contribution >= 4 is 28.5 Å². The van der Waals surface area contributed by atoms with E-state index in [2.05, 4.69) is 16.3 Å². The molecule has 2 aliphatic heterocycles. The molecule has 194 valence electrons. The molecule has 2 saturated heterocycles. The van der Waals surface area contributed by atoms with Crippen LogP contribution in [0.25, 0.3) is 10.9 Å². The summed E-state index contributed by atoms with van der Waals surface area (Å²) in [5.74, 6) is -0.205. The molecule has 3 heterocycles. The van der Waals surface area contributed by atoms with Crippen LogP contribution < -0.4 is 15.8 Å². The molecule has 8 nitrogen and oxygen atoms in total. The van der Waals surface area contributed by atoms with Crippen LogP contribution in [0.15, 0.2) is 41.2 Å². The molecule has 3 aromatic rings. The van der Waals surface area contributed by atoms with Gasteiger partial charge in [0.25, 0.3) is 5.56 Å². The normalized spacial score (nSPS) is 19.9. The highest BCUT2D eigenvalue weighted by Crippen LogP contribution is 2.53. The topological polar surface area (TPSA) is 96.7 Å². The summed E-state index contributed by atoms with van der Waals surface area (Å²) in [4.78, 5) is 33.5. The molecule has 0 amide bonds. The quantitative estimate of drug-likeness (QED) is 0.494. The Balaban J connectivity index is 1.48. The van der Waals surface area contributed by atoms with Crippen molar-refractivity contribution in [3.63, 3.8) is 0 Å². The van der Waals surface area contributed by atoms with Gasteiger partial charge in [-0.25, -0.2) is 9.78 Å². The average molecular weight is 503 g/mol. The molecular weight excluding hydrogens is 468 g/mol. The first-order valence-corrected chi connectivity index (χ1v) is 13.3. The van der Waals surface area contributed by atoms with Gasteiger partial charge in [-0.2, -0.15) is 0 Å². The minimum Gasteiger partial charge on any atom is -0.478 e. The van der Waals surface area contributed by atoms with Crippen LogP contribution in [0.5, 0.6) is 0 Å². The van der Waals surface area contributed by atoms with Crippen LogP contribution in [-0.4, -0.2) is 46.9 Å². The van der Waals surface area contributed by atoms with Gasteiger partial charge in [-0.1, -0.05) is 18.2 Å². The fraction of sp³-hybridized carbons (Fsp3) is 0.483. The van der Waals surface area contributed by atoms with E-state index in [-0.39, 0.29) is 23.2 Å². The third kappa shape index (κ3) is 4.37. The maximum atomic E-state index is 14.2. The van der Waals surface area contributed by atoms with Crippen molar-refractivity contribution in [2.75, 3.05) is 36.5 Å². The maximum Gasteiger partial charge on any atom is 0.337 e. The van der Waals surface area contributed by atoms with E-state index >= 15 is 0 Å². The molecular formula is C29H34N4O4. The number of benzene rings is 2. The lowest BCUT2D eigenvalue weighted by Crippen LogP contribution is -2.36. The molecule has 1 spiro atoms. The Bertz CT molecular complexity index is 1420. The molecule has 3 fully saturated rings. The summed E-state index contributed by atoms with van der Waals surface area (Å²) in [7, 11) is 0. The molecule has 37 heavy (non-hydrogen) atoms. The smallest absolute Gasteiger partial charge is 0.337 e. The van der Waals surface area contributed by atoms with Gasteiger partial charge in [-0.3, -0.25) is 9.36 Å². The number of aromatic carboxylic acids is 1. The summed E-state index contributed by atoms with van der Waals surface area (Å²) in [5.41, 5.74) is 3.74. The molecule has 0 bridgehead atoms. The highest BCUT2D eigenvalue weighted by atomic mass is 16.5. The van der Waals surface area contributed by atoms with Gasteiger partial charge in [0.2, 0.25) is 5.95 Å². The van der Waals surface area contributed by atoms with Gasteiger partial charge in [-0.05, 0) is 75.1 Å². The number of aromatic nitrogens is 2. The van der Waals surface area contributed by atoms with Crippen LogP contribution in [0, 0.1) is 12.3 Å². The van der Waals surface area contributed by atoms with Crippen LogP contribution >= 0.6 is 0 Å². The van der Waals surface area contributed by atoms with Gasteiger partial charge in [0.05, 0.1) is 22.5 Å². The van der Waals surface area contributed by atoms with E-state index in [0.29, 0.717) is 35.2 Å². The van der Waals surface area contributed by atoms with Crippen LogP contribution in [0.1, 0.15) is 72.6 Å². The number of anilines is 2. The summed E-state index contributed by atoms with van der Waals surface area (Å²) in [5, 5.41) is 13.6. The van der Waals surface area contributed by atoms with Crippen molar-refractivity contribution in [1.82, 2.24) is 9.55 Å². The zero-order valence-electron chi connectivity index (χ0n) is 21.5. The summed E-state index contributed by atoms with van der Waals surface area (Å²) >= 11 is 0. The number of hydrogen-bond acceptors (Lipinski definition) is 6. The van der Waals surface area contributed by atoms with Crippen LogP contribution in [0.3, 0.4) is 0 Å². The number of ether oxygens (including phenoxy) is 1.